The molecular weight excluding hydrogens is 209 g/mol. The van der Waals surface area contributed by atoms with Crippen LogP contribution in [0, 0.1) is 0 Å². The highest BCUT2D eigenvalue weighted by atomic mass is 16.5. The van der Waals surface area contributed by atoms with Gasteiger partial charge < -0.3 is 19.5 Å². The van der Waals surface area contributed by atoms with Crippen molar-refractivity contribution in [1.82, 2.24) is 4.98 Å². The fourth-order valence-electron chi connectivity index (χ4n) is 1.64. The average molecular weight is 223 g/mol. The number of rotatable bonds is 3. The Morgan fingerprint density at radius 2 is 2.31 bits per heavy atom. The summed E-state index contributed by atoms with van der Waals surface area (Å²) < 4.78 is 10.9. The van der Waals surface area contributed by atoms with Crippen LogP contribution in [0.5, 0.6) is 5.75 Å². The van der Waals surface area contributed by atoms with Gasteiger partial charge >= 0.3 is 7.12 Å². The van der Waals surface area contributed by atoms with Gasteiger partial charge in [0.1, 0.15) is 11.9 Å². The number of pyridine rings is 1. The van der Waals surface area contributed by atoms with E-state index in [2.05, 4.69) is 4.98 Å². The zero-order chi connectivity index (χ0) is 11.4. The molecule has 1 atom stereocenters. The van der Waals surface area contributed by atoms with Gasteiger partial charge in [-0.25, -0.2) is 0 Å². The van der Waals surface area contributed by atoms with Crippen LogP contribution >= 0.6 is 0 Å². The molecule has 0 aromatic carbocycles. The van der Waals surface area contributed by atoms with Gasteiger partial charge in [-0.1, -0.05) is 0 Å². The van der Waals surface area contributed by atoms with Gasteiger partial charge in [0.25, 0.3) is 0 Å². The van der Waals surface area contributed by atoms with Crippen molar-refractivity contribution in [2.24, 2.45) is 0 Å². The highest BCUT2D eigenvalue weighted by Gasteiger charge is 2.17. The van der Waals surface area contributed by atoms with Crippen molar-refractivity contribution >= 4 is 12.6 Å². The molecule has 1 aromatic rings. The minimum Gasteiger partial charge on any atom is -0.486 e. The third kappa shape index (κ3) is 2.94. The largest absolute Gasteiger partial charge is 0.490 e. The zero-order valence-electron chi connectivity index (χ0n) is 8.87. The Bertz CT molecular complexity index is 341. The summed E-state index contributed by atoms with van der Waals surface area (Å²) in [6.07, 6.45) is 4.92. The molecule has 1 aromatic heterocycles. The minimum absolute atomic E-state index is 0.0293. The van der Waals surface area contributed by atoms with Crippen molar-refractivity contribution in [3.63, 3.8) is 0 Å². The second kappa shape index (κ2) is 5.29. The maximum absolute atomic E-state index is 8.99. The second-order valence-corrected chi connectivity index (χ2v) is 3.78. The van der Waals surface area contributed by atoms with Crippen molar-refractivity contribution in [2.75, 3.05) is 13.2 Å². The number of hydrogen-bond acceptors (Lipinski definition) is 5. The molecule has 6 heteroatoms. The molecule has 5 nitrogen and oxygen atoms in total. The van der Waals surface area contributed by atoms with Crippen LogP contribution in [0.1, 0.15) is 12.8 Å². The van der Waals surface area contributed by atoms with E-state index in [0.717, 1.165) is 19.4 Å². The van der Waals surface area contributed by atoms with Crippen molar-refractivity contribution in [3.05, 3.63) is 18.5 Å². The molecule has 86 valence electrons. The summed E-state index contributed by atoms with van der Waals surface area (Å²) in [7, 11) is -1.52. The molecule has 0 bridgehead atoms. The fourth-order valence-corrected chi connectivity index (χ4v) is 1.64. The highest BCUT2D eigenvalue weighted by molar-refractivity contribution is 6.58. The molecule has 2 heterocycles. The van der Waals surface area contributed by atoms with Crippen LogP contribution in [0.2, 0.25) is 0 Å². The molecule has 0 aliphatic carbocycles. The van der Waals surface area contributed by atoms with Crippen molar-refractivity contribution in [1.29, 1.82) is 0 Å². The summed E-state index contributed by atoms with van der Waals surface area (Å²) >= 11 is 0. The molecule has 0 saturated carbocycles. The summed E-state index contributed by atoms with van der Waals surface area (Å²) in [5, 5.41) is 18.0. The van der Waals surface area contributed by atoms with E-state index in [1.54, 1.807) is 12.3 Å². The lowest BCUT2D eigenvalue weighted by Gasteiger charge is -2.23. The van der Waals surface area contributed by atoms with Gasteiger partial charge in [0.05, 0.1) is 12.8 Å². The van der Waals surface area contributed by atoms with E-state index >= 15 is 0 Å². The first-order chi connectivity index (χ1) is 7.75. The summed E-state index contributed by atoms with van der Waals surface area (Å²) in [4.78, 5) is 3.89. The minimum atomic E-state index is -1.52. The molecule has 1 aliphatic rings. The first-order valence-corrected chi connectivity index (χ1v) is 5.31. The van der Waals surface area contributed by atoms with E-state index in [0.29, 0.717) is 17.8 Å². The van der Waals surface area contributed by atoms with Crippen LogP contribution in [0.3, 0.4) is 0 Å². The van der Waals surface area contributed by atoms with Crippen molar-refractivity contribution in [2.45, 2.75) is 18.9 Å². The Labute approximate surface area is 94.2 Å². The third-order valence-electron chi connectivity index (χ3n) is 2.45. The lowest BCUT2D eigenvalue weighted by Crippen LogP contribution is -2.31. The predicted molar refractivity (Wildman–Crippen MR) is 58.5 cm³/mol. The molecule has 0 spiro atoms. The highest BCUT2D eigenvalue weighted by Crippen LogP contribution is 2.14. The van der Waals surface area contributed by atoms with Crippen LogP contribution in [0.15, 0.2) is 18.5 Å². The van der Waals surface area contributed by atoms with E-state index < -0.39 is 7.12 Å². The Balaban J connectivity index is 2.00. The number of ether oxygens (including phenoxy) is 2. The van der Waals surface area contributed by atoms with Crippen LogP contribution in [-0.2, 0) is 4.74 Å². The maximum atomic E-state index is 8.99. The van der Waals surface area contributed by atoms with Crippen molar-refractivity contribution < 1.29 is 19.5 Å². The lowest BCUT2D eigenvalue weighted by atomic mass is 9.82. The quantitative estimate of drug-likeness (QED) is 0.664. The maximum Gasteiger partial charge on any atom is 0.490 e. The van der Waals surface area contributed by atoms with E-state index in [9.17, 15) is 0 Å². The van der Waals surface area contributed by atoms with Gasteiger partial charge in [-0.3, -0.25) is 4.98 Å². The standard InChI is InChI=1S/C10H14BNO4/c13-11(14)8-4-10(6-12-5-8)16-9-2-1-3-15-7-9/h4-6,9,13-14H,1-3,7H2. The second-order valence-electron chi connectivity index (χ2n) is 3.78. The fraction of sp³-hybridized carbons (Fsp3) is 0.500. The molecule has 1 fully saturated rings. The van der Waals surface area contributed by atoms with Crippen LogP contribution in [0.25, 0.3) is 0 Å². The van der Waals surface area contributed by atoms with Gasteiger partial charge in [-0.2, -0.15) is 0 Å². The third-order valence-corrected chi connectivity index (χ3v) is 2.45. The molecule has 1 saturated heterocycles. The van der Waals surface area contributed by atoms with Gasteiger partial charge in [0.15, 0.2) is 0 Å². The smallest absolute Gasteiger partial charge is 0.486 e. The molecular formula is C10H14BNO4. The van der Waals surface area contributed by atoms with Gasteiger partial charge in [-0.15, -0.1) is 0 Å². The molecule has 2 rings (SSSR count). The van der Waals surface area contributed by atoms with E-state index in [-0.39, 0.29) is 6.10 Å². The predicted octanol–water partition coefficient (Wildman–Crippen LogP) is -0.681. The SMILES string of the molecule is OB(O)c1cncc(OC2CCCOC2)c1. The Kier molecular flexibility index (Phi) is 3.76. The number of aromatic nitrogens is 1. The first-order valence-electron chi connectivity index (χ1n) is 5.31. The Hall–Kier alpha value is -1.11. The Morgan fingerprint density at radius 1 is 1.44 bits per heavy atom. The van der Waals surface area contributed by atoms with Gasteiger partial charge in [0.2, 0.25) is 0 Å². The van der Waals surface area contributed by atoms with Crippen molar-refractivity contribution in [3.8, 4) is 5.75 Å². The van der Waals surface area contributed by atoms with E-state index in [4.69, 9.17) is 19.5 Å². The van der Waals surface area contributed by atoms with E-state index in [1.165, 1.54) is 6.20 Å². The molecule has 1 unspecified atom stereocenters. The first kappa shape index (κ1) is 11.4. The van der Waals surface area contributed by atoms with Gasteiger partial charge in [-0.05, 0) is 18.9 Å². The van der Waals surface area contributed by atoms with Crippen LogP contribution in [0.4, 0.5) is 0 Å². The van der Waals surface area contributed by atoms with E-state index in [1.807, 2.05) is 0 Å². The zero-order valence-corrected chi connectivity index (χ0v) is 8.87. The Morgan fingerprint density at radius 3 is 3.00 bits per heavy atom. The summed E-state index contributed by atoms with van der Waals surface area (Å²) in [6.45, 7) is 1.36. The average Bonchev–Trinajstić information content (AvgIpc) is 2.30. The summed E-state index contributed by atoms with van der Waals surface area (Å²) in [5.41, 5.74) is 0.328. The molecule has 2 N–H and O–H groups in total. The number of hydrogen-bond donors (Lipinski definition) is 2. The molecule has 0 amide bonds. The molecule has 16 heavy (non-hydrogen) atoms. The topological polar surface area (TPSA) is 71.8 Å². The monoisotopic (exact) mass is 223 g/mol. The van der Waals surface area contributed by atoms with Crippen LogP contribution in [-0.4, -0.2) is 41.5 Å². The lowest BCUT2D eigenvalue weighted by molar-refractivity contribution is 0.00731. The van der Waals surface area contributed by atoms with Gasteiger partial charge in [0, 0.05) is 18.3 Å². The van der Waals surface area contributed by atoms with Crippen LogP contribution < -0.4 is 10.2 Å². The number of nitrogens with zero attached hydrogens (tertiary/aromatic N) is 1. The normalized spacial score (nSPS) is 20.5. The summed E-state index contributed by atoms with van der Waals surface area (Å²) in [5.74, 6) is 0.543. The molecule has 1 aliphatic heterocycles. The molecule has 0 radical (unpaired) electrons. The summed E-state index contributed by atoms with van der Waals surface area (Å²) in [6, 6.07) is 1.58.